The number of rotatable bonds is 6. The molecule has 2 aliphatic heterocycles. The van der Waals surface area contributed by atoms with Crippen molar-refractivity contribution in [3.63, 3.8) is 0 Å². The van der Waals surface area contributed by atoms with Gasteiger partial charge in [0, 0.05) is 25.7 Å². The van der Waals surface area contributed by atoms with Gasteiger partial charge in [0.1, 0.15) is 17.8 Å². The number of nitrogens with one attached hydrogen (secondary N) is 4. The van der Waals surface area contributed by atoms with E-state index in [4.69, 9.17) is 9.47 Å². The van der Waals surface area contributed by atoms with Crippen LogP contribution < -0.4 is 21.3 Å². The van der Waals surface area contributed by atoms with Gasteiger partial charge in [-0.1, -0.05) is 35.5 Å². The third-order valence-corrected chi connectivity index (χ3v) is 8.35. The van der Waals surface area contributed by atoms with Gasteiger partial charge in [-0.2, -0.15) is 0 Å². The van der Waals surface area contributed by atoms with E-state index in [0.717, 1.165) is 18.4 Å². The van der Waals surface area contributed by atoms with Crippen LogP contribution in [0, 0.1) is 0 Å². The summed E-state index contributed by atoms with van der Waals surface area (Å²) in [5.74, 6) is -1.38. The van der Waals surface area contributed by atoms with Crippen LogP contribution in [-0.4, -0.2) is 108 Å². The molecule has 5 unspecified atom stereocenters. The van der Waals surface area contributed by atoms with Gasteiger partial charge in [0.05, 0.1) is 38.6 Å². The van der Waals surface area contributed by atoms with Crippen molar-refractivity contribution in [2.45, 2.75) is 88.8 Å². The van der Waals surface area contributed by atoms with E-state index in [1.165, 1.54) is 7.11 Å². The van der Waals surface area contributed by atoms with E-state index in [0.29, 0.717) is 51.0 Å². The number of nitrogens with zero attached hydrogens (tertiary/aromatic N) is 4. The van der Waals surface area contributed by atoms with Crippen molar-refractivity contribution in [3.05, 3.63) is 47.8 Å². The van der Waals surface area contributed by atoms with Crippen LogP contribution in [0.5, 0.6) is 0 Å². The lowest BCUT2D eigenvalue weighted by molar-refractivity contribution is -0.145. The Morgan fingerprint density at radius 3 is 2.69 bits per heavy atom. The van der Waals surface area contributed by atoms with Gasteiger partial charge < -0.3 is 35.6 Å². The highest BCUT2D eigenvalue weighted by molar-refractivity contribution is 5.90. The first-order valence-corrected chi connectivity index (χ1v) is 15.7. The zero-order valence-electron chi connectivity index (χ0n) is 26.4. The second kappa shape index (κ2) is 17.0. The molecule has 3 heterocycles. The van der Waals surface area contributed by atoms with E-state index in [9.17, 15) is 19.2 Å². The molecule has 0 spiro atoms. The standard InChI is InChI=1S/C31H46N8O6/c1-21(32-2)28(40)35-27-20-45-19-23-18-38(37-36-23)14-8-7-13-25(31(43)44-3)34-29(41)26(16-22-10-5-4-6-11-22)33-17-24-12-9-15-39(24)30(27)42/h4-6,10-11,18,21,24-27,32-33H,7-9,12-17,19-20H2,1-3H3,(H,34,41)(H,35,40). The molecule has 45 heavy (non-hydrogen) atoms. The maximum absolute atomic E-state index is 13.9. The molecular weight excluding hydrogens is 580 g/mol. The normalized spacial score (nSPS) is 24.6. The average molecular weight is 627 g/mol. The first-order valence-electron chi connectivity index (χ1n) is 15.7. The van der Waals surface area contributed by atoms with Gasteiger partial charge in [0.25, 0.3) is 0 Å². The highest BCUT2D eigenvalue weighted by Gasteiger charge is 2.35. The van der Waals surface area contributed by atoms with Crippen LogP contribution in [-0.2, 0) is 48.2 Å². The van der Waals surface area contributed by atoms with Crippen molar-refractivity contribution in [2.75, 3.05) is 33.9 Å². The summed E-state index contributed by atoms with van der Waals surface area (Å²) in [6.07, 6.45) is 5.44. The summed E-state index contributed by atoms with van der Waals surface area (Å²) in [7, 11) is 2.99. The number of aryl methyl sites for hydroxylation is 1. The molecule has 2 aliphatic rings. The van der Waals surface area contributed by atoms with Crippen molar-refractivity contribution < 1.29 is 28.7 Å². The number of aromatic nitrogens is 3. The molecule has 1 saturated heterocycles. The molecule has 1 fully saturated rings. The SMILES string of the molecule is CNC(C)C(=O)NC1COCc2cn(nn2)CCCCC(C(=O)OC)NC(=O)C(Cc2ccccc2)NCC2CCCN2C1=O. The fourth-order valence-corrected chi connectivity index (χ4v) is 5.61. The van der Waals surface area contributed by atoms with E-state index in [1.54, 1.807) is 29.7 Å². The number of fused-ring (bicyclic) bond motifs is 3. The molecule has 2 aromatic rings. The van der Waals surface area contributed by atoms with E-state index in [2.05, 4.69) is 31.6 Å². The lowest BCUT2D eigenvalue weighted by Crippen LogP contribution is -2.57. The number of likely N-dealkylation sites (N-methyl/N-ethyl adjacent to an activating group) is 1. The average Bonchev–Trinajstić information content (AvgIpc) is 3.72. The Hall–Kier alpha value is -3.88. The minimum absolute atomic E-state index is 0.0293. The Bertz CT molecular complexity index is 1270. The Labute approximate surface area is 263 Å². The van der Waals surface area contributed by atoms with Crippen LogP contribution in [0.2, 0.25) is 0 Å². The molecule has 5 atom stereocenters. The van der Waals surface area contributed by atoms with Crippen LogP contribution in [0.25, 0.3) is 0 Å². The molecule has 14 nitrogen and oxygen atoms in total. The largest absolute Gasteiger partial charge is 0.467 e. The topological polar surface area (TPSA) is 169 Å². The van der Waals surface area contributed by atoms with Gasteiger partial charge in [-0.15, -0.1) is 5.10 Å². The van der Waals surface area contributed by atoms with E-state index < -0.39 is 30.1 Å². The van der Waals surface area contributed by atoms with Crippen molar-refractivity contribution >= 4 is 23.7 Å². The molecule has 14 heteroatoms. The maximum Gasteiger partial charge on any atom is 0.328 e. The summed E-state index contributed by atoms with van der Waals surface area (Å²) < 4.78 is 12.6. The third kappa shape index (κ3) is 9.80. The Balaban J connectivity index is 1.58. The lowest BCUT2D eigenvalue weighted by Gasteiger charge is -2.31. The number of carbonyl (C=O) groups is 4. The van der Waals surface area contributed by atoms with Crippen molar-refractivity contribution in [1.82, 2.24) is 41.2 Å². The lowest BCUT2D eigenvalue weighted by atomic mass is 10.0. The molecule has 3 amide bonds. The summed E-state index contributed by atoms with van der Waals surface area (Å²) in [6, 6.07) is 6.57. The van der Waals surface area contributed by atoms with Crippen LogP contribution in [0.3, 0.4) is 0 Å². The number of ether oxygens (including phenoxy) is 2. The molecule has 0 saturated carbocycles. The number of carbonyl (C=O) groups excluding carboxylic acids is 4. The summed E-state index contributed by atoms with van der Waals surface area (Å²) in [5, 5.41) is 20.4. The number of hydrogen-bond acceptors (Lipinski definition) is 10. The summed E-state index contributed by atoms with van der Waals surface area (Å²) in [4.78, 5) is 54.8. The smallest absolute Gasteiger partial charge is 0.328 e. The quantitative estimate of drug-likeness (QED) is 0.318. The number of amides is 3. The third-order valence-electron chi connectivity index (χ3n) is 8.35. The fraction of sp³-hybridized carbons (Fsp3) is 0.613. The van der Waals surface area contributed by atoms with Crippen LogP contribution in [0.1, 0.15) is 50.3 Å². The zero-order valence-corrected chi connectivity index (χ0v) is 26.4. The molecule has 1 aromatic heterocycles. The van der Waals surface area contributed by atoms with E-state index in [1.807, 2.05) is 30.3 Å². The van der Waals surface area contributed by atoms with E-state index >= 15 is 0 Å². The highest BCUT2D eigenvalue weighted by Crippen LogP contribution is 2.19. The predicted molar refractivity (Wildman–Crippen MR) is 165 cm³/mol. The zero-order chi connectivity index (χ0) is 32.2. The highest BCUT2D eigenvalue weighted by atomic mass is 16.5. The molecule has 0 aliphatic carbocycles. The van der Waals surface area contributed by atoms with Crippen molar-refractivity contribution in [1.29, 1.82) is 0 Å². The first-order chi connectivity index (χ1) is 21.8. The summed E-state index contributed by atoms with van der Waals surface area (Å²) in [5.41, 5.74) is 1.55. The minimum atomic E-state index is -0.904. The van der Waals surface area contributed by atoms with Gasteiger partial charge in [-0.05, 0) is 58.1 Å². The van der Waals surface area contributed by atoms with Gasteiger partial charge in [-0.3, -0.25) is 19.1 Å². The second-order valence-corrected chi connectivity index (χ2v) is 11.6. The van der Waals surface area contributed by atoms with Crippen molar-refractivity contribution in [3.8, 4) is 0 Å². The van der Waals surface area contributed by atoms with Crippen LogP contribution >= 0.6 is 0 Å². The molecule has 4 rings (SSSR count). The monoisotopic (exact) mass is 626 g/mol. The minimum Gasteiger partial charge on any atom is -0.467 e. The number of esters is 1. The summed E-state index contributed by atoms with van der Waals surface area (Å²) in [6.45, 7) is 3.26. The maximum atomic E-state index is 13.9. The van der Waals surface area contributed by atoms with E-state index in [-0.39, 0.29) is 37.0 Å². The van der Waals surface area contributed by atoms with Gasteiger partial charge in [0.15, 0.2) is 0 Å². The molecule has 246 valence electrons. The molecule has 2 bridgehead atoms. The number of hydrogen-bond donors (Lipinski definition) is 4. The Morgan fingerprint density at radius 1 is 1.13 bits per heavy atom. The van der Waals surface area contributed by atoms with Gasteiger partial charge in [0.2, 0.25) is 17.7 Å². The van der Waals surface area contributed by atoms with Gasteiger partial charge >= 0.3 is 5.97 Å². The van der Waals surface area contributed by atoms with Gasteiger partial charge in [-0.25, -0.2) is 4.79 Å². The molecule has 0 radical (unpaired) electrons. The number of methoxy groups -OCH3 is 1. The molecule has 1 aromatic carbocycles. The first kappa shape index (κ1) is 34.0. The summed E-state index contributed by atoms with van der Waals surface area (Å²) >= 11 is 0. The molecule has 4 N–H and O–H groups in total. The Kier molecular flexibility index (Phi) is 12.8. The predicted octanol–water partition coefficient (Wildman–Crippen LogP) is -0.0790. The second-order valence-electron chi connectivity index (χ2n) is 11.6. The molecular formula is C31H46N8O6. The van der Waals surface area contributed by atoms with Crippen LogP contribution in [0.15, 0.2) is 36.5 Å². The van der Waals surface area contributed by atoms with Crippen LogP contribution in [0.4, 0.5) is 0 Å². The number of benzene rings is 1. The van der Waals surface area contributed by atoms with Crippen molar-refractivity contribution in [2.24, 2.45) is 0 Å². The fourth-order valence-electron chi connectivity index (χ4n) is 5.61. The Morgan fingerprint density at radius 2 is 1.93 bits per heavy atom.